The lowest BCUT2D eigenvalue weighted by molar-refractivity contribution is 0.202. The Morgan fingerprint density at radius 1 is 1.36 bits per heavy atom. The van der Waals surface area contributed by atoms with Crippen molar-refractivity contribution in [3.63, 3.8) is 0 Å². The predicted octanol–water partition coefficient (Wildman–Crippen LogP) is 1.69. The largest absolute Gasteiger partial charge is 0.478 e. The van der Waals surface area contributed by atoms with Gasteiger partial charge in [0.05, 0.1) is 18.8 Å². The Labute approximate surface area is 128 Å². The van der Waals surface area contributed by atoms with Crippen molar-refractivity contribution in [1.82, 2.24) is 25.0 Å². The maximum atomic E-state index is 5.62. The predicted molar refractivity (Wildman–Crippen MR) is 77.3 cm³/mol. The summed E-state index contributed by atoms with van der Waals surface area (Å²) in [5.41, 5.74) is 2.16. The molecule has 0 spiro atoms. The molecule has 2 aromatic rings. The number of rotatable bonds is 5. The van der Waals surface area contributed by atoms with Crippen LogP contribution >= 0.6 is 0 Å². The Kier molecular flexibility index (Phi) is 3.49. The summed E-state index contributed by atoms with van der Waals surface area (Å²) in [5.74, 6) is 2.78. The second-order valence-corrected chi connectivity index (χ2v) is 5.82. The van der Waals surface area contributed by atoms with E-state index in [1.807, 2.05) is 6.92 Å². The van der Waals surface area contributed by atoms with E-state index in [4.69, 9.17) is 9.26 Å². The van der Waals surface area contributed by atoms with Crippen LogP contribution in [-0.4, -0.2) is 38.2 Å². The molecule has 0 N–H and O–H groups in total. The molecule has 0 atom stereocenters. The molecule has 0 amide bonds. The summed E-state index contributed by atoms with van der Waals surface area (Å²) >= 11 is 0. The van der Waals surface area contributed by atoms with Crippen molar-refractivity contribution in [1.29, 1.82) is 0 Å². The van der Waals surface area contributed by atoms with E-state index in [0.29, 0.717) is 30.8 Å². The van der Waals surface area contributed by atoms with Gasteiger partial charge in [0.25, 0.3) is 0 Å². The van der Waals surface area contributed by atoms with Gasteiger partial charge < -0.3 is 9.26 Å². The fraction of sp³-hybridized carbons (Fsp3) is 0.600. The first-order valence-electron chi connectivity index (χ1n) is 7.84. The lowest BCUT2D eigenvalue weighted by Gasteiger charge is -2.27. The van der Waals surface area contributed by atoms with E-state index in [1.165, 1.54) is 12.8 Å². The Morgan fingerprint density at radius 3 is 3.09 bits per heavy atom. The highest BCUT2D eigenvalue weighted by molar-refractivity contribution is 5.31. The molecule has 1 aliphatic heterocycles. The number of hydrogen-bond acceptors (Lipinski definition) is 7. The van der Waals surface area contributed by atoms with Gasteiger partial charge in [-0.2, -0.15) is 4.98 Å². The molecule has 7 nitrogen and oxygen atoms in total. The monoisotopic (exact) mass is 301 g/mol. The van der Waals surface area contributed by atoms with E-state index in [-0.39, 0.29) is 0 Å². The van der Waals surface area contributed by atoms with Crippen molar-refractivity contribution in [2.45, 2.75) is 45.2 Å². The second kappa shape index (κ2) is 5.64. The fourth-order valence-electron chi connectivity index (χ4n) is 2.80. The highest BCUT2D eigenvalue weighted by Crippen LogP contribution is 2.38. The zero-order valence-corrected chi connectivity index (χ0v) is 12.7. The van der Waals surface area contributed by atoms with Gasteiger partial charge in [-0.1, -0.05) is 5.16 Å². The molecular weight excluding hydrogens is 282 g/mol. The lowest BCUT2D eigenvalue weighted by Crippen LogP contribution is -2.31. The van der Waals surface area contributed by atoms with E-state index in [1.54, 1.807) is 6.33 Å². The van der Waals surface area contributed by atoms with E-state index in [0.717, 1.165) is 36.6 Å². The Balaban J connectivity index is 1.48. The Hall–Kier alpha value is -2.02. The first-order chi connectivity index (χ1) is 10.8. The molecule has 0 unspecified atom stereocenters. The van der Waals surface area contributed by atoms with Gasteiger partial charge in [0.15, 0.2) is 5.82 Å². The van der Waals surface area contributed by atoms with E-state index in [2.05, 4.69) is 25.0 Å². The smallest absolute Gasteiger partial charge is 0.240 e. The number of nitrogens with zero attached hydrogens (tertiary/aromatic N) is 5. The molecule has 0 saturated heterocycles. The quantitative estimate of drug-likeness (QED) is 0.831. The van der Waals surface area contributed by atoms with Crippen LogP contribution in [0, 0.1) is 0 Å². The van der Waals surface area contributed by atoms with Crippen molar-refractivity contribution < 1.29 is 9.26 Å². The minimum absolute atomic E-state index is 0.525. The van der Waals surface area contributed by atoms with Crippen LogP contribution in [0.1, 0.15) is 48.7 Å². The number of hydrogen-bond donors (Lipinski definition) is 0. The third-order valence-corrected chi connectivity index (χ3v) is 4.11. The van der Waals surface area contributed by atoms with Crippen LogP contribution < -0.4 is 4.74 Å². The highest BCUT2D eigenvalue weighted by atomic mass is 16.5. The van der Waals surface area contributed by atoms with Gasteiger partial charge in [-0.15, -0.1) is 0 Å². The zero-order valence-electron chi connectivity index (χ0n) is 12.7. The van der Waals surface area contributed by atoms with E-state index >= 15 is 0 Å². The first kappa shape index (κ1) is 13.6. The molecule has 0 bridgehead atoms. The molecule has 7 heteroatoms. The molecule has 1 saturated carbocycles. The van der Waals surface area contributed by atoms with Crippen molar-refractivity contribution in [3.05, 3.63) is 29.3 Å². The van der Waals surface area contributed by atoms with Crippen LogP contribution in [0.2, 0.25) is 0 Å². The standard InChI is InChI=1S/C15H19N5O2/c1-2-21-15-11-7-20(6-5-12(11)16-9-17-15)8-13-18-14(19-22-13)10-3-4-10/h9-10H,2-8H2,1H3. The number of ether oxygens (including phenoxy) is 1. The minimum Gasteiger partial charge on any atom is -0.478 e. The van der Waals surface area contributed by atoms with Crippen LogP contribution in [0.3, 0.4) is 0 Å². The average molecular weight is 301 g/mol. The maximum Gasteiger partial charge on any atom is 0.240 e. The van der Waals surface area contributed by atoms with E-state index < -0.39 is 0 Å². The van der Waals surface area contributed by atoms with Crippen LogP contribution in [-0.2, 0) is 19.5 Å². The Bertz CT molecular complexity index is 668. The van der Waals surface area contributed by atoms with Gasteiger partial charge in [0.2, 0.25) is 11.8 Å². The summed E-state index contributed by atoms with van der Waals surface area (Å²) in [6.45, 7) is 4.92. The molecular formula is C15H19N5O2. The fourth-order valence-corrected chi connectivity index (χ4v) is 2.80. The normalized spacial score (nSPS) is 18.2. The summed E-state index contributed by atoms with van der Waals surface area (Å²) in [4.78, 5) is 15.4. The topological polar surface area (TPSA) is 77.2 Å². The van der Waals surface area contributed by atoms with Gasteiger partial charge in [-0.05, 0) is 19.8 Å². The molecule has 3 heterocycles. The van der Waals surface area contributed by atoms with Crippen molar-refractivity contribution in [2.24, 2.45) is 0 Å². The molecule has 22 heavy (non-hydrogen) atoms. The highest BCUT2D eigenvalue weighted by Gasteiger charge is 2.29. The molecule has 2 aromatic heterocycles. The van der Waals surface area contributed by atoms with Gasteiger partial charge in [0.1, 0.15) is 6.33 Å². The number of fused-ring (bicyclic) bond motifs is 1. The molecule has 116 valence electrons. The summed E-state index contributed by atoms with van der Waals surface area (Å²) in [7, 11) is 0. The van der Waals surface area contributed by atoms with Gasteiger partial charge >= 0.3 is 0 Å². The summed E-state index contributed by atoms with van der Waals surface area (Å²) < 4.78 is 11.0. The summed E-state index contributed by atoms with van der Waals surface area (Å²) in [6.07, 6.45) is 4.84. The summed E-state index contributed by atoms with van der Waals surface area (Å²) in [6, 6.07) is 0. The molecule has 2 aliphatic rings. The number of aromatic nitrogens is 4. The molecule has 4 rings (SSSR count). The summed E-state index contributed by atoms with van der Waals surface area (Å²) in [5, 5.41) is 4.07. The lowest BCUT2D eigenvalue weighted by atomic mass is 10.1. The third kappa shape index (κ3) is 2.68. The van der Waals surface area contributed by atoms with Crippen LogP contribution in [0.15, 0.2) is 10.9 Å². The average Bonchev–Trinajstić information content (AvgIpc) is 3.29. The van der Waals surface area contributed by atoms with Crippen LogP contribution in [0.4, 0.5) is 0 Å². The maximum absolute atomic E-state index is 5.62. The molecule has 1 fully saturated rings. The van der Waals surface area contributed by atoms with Crippen molar-refractivity contribution in [2.75, 3.05) is 13.2 Å². The zero-order chi connectivity index (χ0) is 14.9. The van der Waals surface area contributed by atoms with Crippen LogP contribution in [0.5, 0.6) is 5.88 Å². The van der Waals surface area contributed by atoms with Crippen LogP contribution in [0.25, 0.3) is 0 Å². The van der Waals surface area contributed by atoms with Crippen molar-refractivity contribution in [3.8, 4) is 5.88 Å². The van der Waals surface area contributed by atoms with Gasteiger partial charge in [-0.25, -0.2) is 9.97 Å². The van der Waals surface area contributed by atoms with Gasteiger partial charge in [-0.3, -0.25) is 4.90 Å². The Morgan fingerprint density at radius 2 is 2.27 bits per heavy atom. The second-order valence-electron chi connectivity index (χ2n) is 5.82. The molecule has 1 aliphatic carbocycles. The SMILES string of the molecule is CCOc1ncnc2c1CN(Cc1nc(C3CC3)no1)CC2. The minimum atomic E-state index is 0.525. The van der Waals surface area contributed by atoms with Crippen molar-refractivity contribution >= 4 is 0 Å². The first-order valence-corrected chi connectivity index (χ1v) is 7.84. The molecule has 0 radical (unpaired) electrons. The van der Waals surface area contributed by atoms with E-state index in [9.17, 15) is 0 Å². The third-order valence-electron chi connectivity index (χ3n) is 4.11. The van der Waals surface area contributed by atoms with Gasteiger partial charge in [0, 0.05) is 31.0 Å². The molecule has 0 aromatic carbocycles.